The van der Waals surface area contributed by atoms with Crippen molar-refractivity contribution in [2.24, 2.45) is 0 Å². The minimum atomic E-state index is -0.0818. The molecule has 0 aliphatic heterocycles. The highest BCUT2D eigenvalue weighted by Gasteiger charge is 2.13. The van der Waals surface area contributed by atoms with Crippen LogP contribution in [0.1, 0.15) is 22.6 Å². The number of methoxy groups -OCH3 is 1. The standard InChI is InChI=1S/C24H24N4O3/c1-16-13-25-28(14-16)15-22-17(2)31-24(27-22)19-6-8-20(9-7-19)26-23(29)12-18-4-10-21(30-3)11-5-18/h4-11,13-14H,12,15H2,1-3H3,(H,26,29). The van der Waals surface area contributed by atoms with Gasteiger partial charge in [-0.1, -0.05) is 12.1 Å². The Morgan fingerprint density at radius 1 is 1.10 bits per heavy atom. The first-order chi connectivity index (χ1) is 15.0. The fraction of sp³-hybridized carbons (Fsp3) is 0.208. The largest absolute Gasteiger partial charge is 0.497 e. The van der Waals surface area contributed by atoms with E-state index in [-0.39, 0.29) is 5.91 Å². The number of ether oxygens (including phenoxy) is 1. The summed E-state index contributed by atoms with van der Waals surface area (Å²) in [6, 6.07) is 14.9. The number of amides is 1. The van der Waals surface area contributed by atoms with Gasteiger partial charge in [-0.3, -0.25) is 9.48 Å². The van der Waals surface area contributed by atoms with Gasteiger partial charge in [0.25, 0.3) is 0 Å². The van der Waals surface area contributed by atoms with E-state index >= 15 is 0 Å². The Balaban J connectivity index is 1.39. The van der Waals surface area contributed by atoms with Gasteiger partial charge in [0, 0.05) is 17.4 Å². The number of aromatic nitrogens is 3. The van der Waals surface area contributed by atoms with Crippen molar-refractivity contribution in [3.05, 3.63) is 83.5 Å². The predicted molar refractivity (Wildman–Crippen MR) is 118 cm³/mol. The van der Waals surface area contributed by atoms with Crippen LogP contribution in [0.15, 0.2) is 65.3 Å². The van der Waals surface area contributed by atoms with Crippen LogP contribution >= 0.6 is 0 Å². The molecule has 4 rings (SSSR count). The Bertz CT molecular complexity index is 1170. The van der Waals surface area contributed by atoms with E-state index in [0.29, 0.717) is 18.9 Å². The molecule has 0 saturated carbocycles. The summed E-state index contributed by atoms with van der Waals surface area (Å²) in [5, 5.41) is 7.22. The Hall–Kier alpha value is -3.87. The summed E-state index contributed by atoms with van der Waals surface area (Å²) >= 11 is 0. The molecule has 2 heterocycles. The minimum Gasteiger partial charge on any atom is -0.497 e. The van der Waals surface area contributed by atoms with Gasteiger partial charge in [0.2, 0.25) is 11.8 Å². The molecule has 2 aromatic heterocycles. The summed E-state index contributed by atoms with van der Waals surface area (Å²) in [5.41, 5.74) is 4.43. The topological polar surface area (TPSA) is 82.2 Å². The van der Waals surface area contributed by atoms with E-state index in [1.165, 1.54) is 0 Å². The van der Waals surface area contributed by atoms with Crippen molar-refractivity contribution in [3.8, 4) is 17.2 Å². The van der Waals surface area contributed by atoms with Crippen LogP contribution in [0.2, 0.25) is 0 Å². The Labute approximate surface area is 180 Å². The van der Waals surface area contributed by atoms with E-state index < -0.39 is 0 Å². The van der Waals surface area contributed by atoms with Crippen LogP contribution in [0.25, 0.3) is 11.5 Å². The summed E-state index contributed by atoms with van der Waals surface area (Å²) < 4.78 is 12.8. The number of nitrogens with zero attached hydrogens (tertiary/aromatic N) is 3. The molecule has 31 heavy (non-hydrogen) atoms. The molecule has 0 aliphatic rings. The number of carbonyl (C=O) groups excluding carboxylic acids is 1. The monoisotopic (exact) mass is 416 g/mol. The zero-order chi connectivity index (χ0) is 21.8. The molecule has 0 saturated heterocycles. The molecule has 0 unspecified atom stereocenters. The van der Waals surface area contributed by atoms with Crippen molar-refractivity contribution in [1.82, 2.24) is 14.8 Å². The van der Waals surface area contributed by atoms with Crippen LogP contribution in [-0.4, -0.2) is 27.8 Å². The molecule has 0 aliphatic carbocycles. The first kappa shape index (κ1) is 20.4. The average molecular weight is 416 g/mol. The zero-order valence-corrected chi connectivity index (χ0v) is 17.8. The van der Waals surface area contributed by atoms with E-state index in [1.54, 1.807) is 7.11 Å². The molecule has 158 valence electrons. The van der Waals surface area contributed by atoms with Crippen LogP contribution in [0.4, 0.5) is 5.69 Å². The second kappa shape index (κ2) is 8.87. The van der Waals surface area contributed by atoms with E-state index in [0.717, 1.165) is 39.6 Å². The van der Waals surface area contributed by atoms with Gasteiger partial charge in [-0.05, 0) is 61.4 Å². The molecule has 4 aromatic rings. The summed E-state index contributed by atoms with van der Waals surface area (Å²) in [6.45, 7) is 4.46. The van der Waals surface area contributed by atoms with Gasteiger partial charge >= 0.3 is 0 Å². The van der Waals surface area contributed by atoms with E-state index in [1.807, 2.05) is 79.5 Å². The lowest BCUT2D eigenvalue weighted by atomic mass is 10.1. The third-order valence-corrected chi connectivity index (χ3v) is 4.91. The first-order valence-corrected chi connectivity index (χ1v) is 9.99. The molecular weight excluding hydrogens is 392 g/mol. The maximum absolute atomic E-state index is 12.3. The van der Waals surface area contributed by atoms with Crippen molar-refractivity contribution >= 4 is 11.6 Å². The number of hydrogen-bond acceptors (Lipinski definition) is 5. The fourth-order valence-corrected chi connectivity index (χ4v) is 3.24. The lowest BCUT2D eigenvalue weighted by molar-refractivity contribution is -0.115. The van der Waals surface area contributed by atoms with Gasteiger partial charge in [0.15, 0.2) is 0 Å². The van der Waals surface area contributed by atoms with Crippen molar-refractivity contribution in [1.29, 1.82) is 0 Å². The van der Waals surface area contributed by atoms with E-state index in [4.69, 9.17) is 9.15 Å². The highest BCUT2D eigenvalue weighted by Crippen LogP contribution is 2.24. The minimum absolute atomic E-state index is 0.0818. The summed E-state index contributed by atoms with van der Waals surface area (Å²) in [4.78, 5) is 17.0. The van der Waals surface area contributed by atoms with Gasteiger partial charge in [0.1, 0.15) is 17.2 Å². The number of carbonyl (C=O) groups is 1. The fourth-order valence-electron chi connectivity index (χ4n) is 3.24. The number of rotatable bonds is 7. The lowest BCUT2D eigenvalue weighted by Gasteiger charge is -2.06. The molecule has 1 amide bonds. The van der Waals surface area contributed by atoms with Crippen LogP contribution < -0.4 is 10.1 Å². The second-order valence-electron chi connectivity index (χ2n) is 7.39. The lowest BCUT2D eigenvalue weighted by Crippen LogP contribution is -2.14. The Kier molecular flexibility index (Phi) is 5.84. The number of aryl methyl sites for hydroxylation is 2. The number of oxazole rings is 1. The summed E-state index contributed by atoms with van der Waals surface area (Å²) in [6.07, 6.45) is 4.08. The predicted octanol–water partition coefficient (Wildman–Crippen LogP) is 4.39. The molecule has 0 radical (unpaired) electrons. The summed E-state index contributed by atoms with van der Waals surface area (Å²) in [7, 11) is 1.62. The van der Waals surface area contributed by atoms with E-state index in [2.05, 4.69) is 15.4 Å². The third kappa shape index (κ3) is 5.01. The molecule has 0 atom stereocenters. The number of benzene rings is 2. The molecule has 0 spiro atoms. The second-order valence-corrected chi connectivity index (χ2v) is 7.39. The normalized spacial score (nSPS) is 10.8. The Morgan fingerprint density at radius 3 is 2.48 bits per heavy atom. The van der Waals surface area contributed by atoms with Gasteiger partial charge < -0.3 is 14.5 Å². The van der Waals surface area contributed by atoms with Gasteiger partial charge in [0.05, 0.1) is 26.3 Å². The van der Waals surface area contributed by atoms with Crippen LogP contribution in [-0.2, 0) is 17.8 Å². The van der Waals surface area contributed by atoms with Gasteiger partial charge in [-0.2, -0.15) is 5.10 Å². The van der Waals surface area contributed by atoms with Crippen molar-refractivity contribution < 1.29 is 13.9 Å². The van der Waals surface area contributed by atoms with Crippen LogP contribution in [0.5, 0.6) is 5.75 Å². The average Bonchev–Trinajstić information content (AvgIpc) is 3.34. The first-order valence-electron chi connectivity index (χ1n) is 9.99. The molecule has 0 bridgehead atoms. The maximum atomic E-state index is 12.3. The maximum Gasteiger partial charge on any atom is 0.228 e. The SMILES string of the molecule is COc1ccc(CC(=O)Nc2ccc(-c3nc(Cn4cc(C)cn4)c(C)o3)cc2)cc1. The zero-order valence-electron chi connectivity index (χ0n) is 17.8. The number of nitrogens with one attached hydrogen (secondary N) is 1. The third-order valence-electron chi connectivity index (χ3n) is 4.91. The number of hydrogen-bond donors (Lipinski definition) is 1. The Morgan fingerprint density at radius 2 is 1.84 bits per heavy atom. The highest BCUT2D eigenvalue weighted by atomic mass is 16.5. The summed E-state index contributed by atoms with van der Waals surface area (Å²) in [5.74, 6) is 2.00. The molecule has 2 aromatic carbocycles. The van der Waals surface area contributed by atoms with Gasteiger partial charge in [-0.25, -0.2) is 4.98 Å². The molecule has 7 nitrogen and oxygen atoms in total. The van der Waals surface area contributed by atoms with Gasteiger partial charge in [-0.15, -0.1) is 0 Å². The van der Waals surface area contributed by atoms with Crippen LogP contribution in [0.3, 0.4) is 0 Å². The van der Waals surface area contributed by atoms with Crippen molar-refractivity contribution in [2.45, 2.75) is 26.8 Å². The van der Waals surface area contributed by atoms with Crippen molar-refractivity contribution in [3.63, 3.8) is 0 Å². The molecule has 1 N–H and O–H groups in total. The highest BCUT2D eigenvalue weighted by molar-refractivity contribution is 5.92. The van der Waals surface area contributed by atoms with E-state index in [9.17, 15) is 4.79 Å². The quantitative estimate of drug-likeness (QED) is 0.483. The molecule has 7 heteroatoms. The van der Waals surface area contributed by atoms with Crippen LogP contribution in [0, 0.1) is 13.8 Å². The molecule has 0 fully saturated rings. The van der Waals surface area contributed by atoms with Crippen molar-refractivity contribution in [2.75, 3.05) is 12.4 Å². The smallest absolute Gasteiger partial charge is 0.228 e. The molecular formula is C24H24N4O3. The number of anilines is 1.